The van der Waals surface area contributed by atoms with E-state index in [4.69, 9.17) is 9.26 Å². The van der Waals surface area contributed by atoms with Gasteiger partial charge >= 0.3 is 5.97 Å². The van der Waals surface area contributed by atoms with Gasteiger partial charge < -0.3 is 9.26 Å². The van der Waals surface area contributed by atoms with Gasteiger partial charge in [-0.1, -0.05) is 43.3 Å². The van der Waals surface area contributed by atoms with E-state index in [0.717, 1.165) is 17.7 Å². The minimum Gasteiger partial charge on any atom is -0.449 e. The minimum atomic E-state index is -0.988. The summed E-state index contributed by atoms with van der Waals surface area (Å²) in [6.07, 6.45) is 0.519. The molecule has 3 rings (SSSR count). The summed E-state index contributed by atoms with van der Waals surface area (Å²) < 4.78 is 10.3. The van der Waals surface area contributed by atoms with Crippen molar-refractivity contribution < 1.29 is 18.8 Å². The van der Waals surface area contributed by atoms with Crippen molar-refractivity contribution in [1.29, 1.82) is 0 Å². The number of hydrogen-bond acceptors (Lipinski definition) is 7. The molecule has 0 aliphatic rings. The first kappa shape index (κ1) is 20.7. The Balaban J connectivity index is 1.63. The molecule has 2 heterocycles. The minimum absolute atomic E-state index is 0.277. The predicted octanol–water partition coefficient (Wildman–Crippen LogP) is 4.42. The Kier molecular flexibility index (Phi) is 6.43. The van der Waals surface area contributed by atoms with Gasteiger partial charge in [0.15, 0.2) is 11.2 Å². The van der Waals surface area contributed by atoms with Gasteiger partial charge in [-0.05, 0) is 32.3 Å². The number of aryl methyl sites for hydroxylation is 3. The highest BCUT2D eigenvalue weighted by atomic mass is 32.1. The van der Waals surface area contributed by atoms with E-state index in [9.17, 15) is 9.59 Å². The molecule has 1 N–H and O–H groups in total. The van der Waals surface area contributed by atoms with Crippen molar-refractivity contribution >= 4 is 28.3 Å². The first-order chi connectivity index (χ1) is 13.9. The molecule has 7 nitrogen and oxygen atoms in total. The molecule has 152 valence electrons. The zero-order chi connectivity index (χ0) is 21.0. The molecule has 2 aromatic heterocycles. The molecule has 1 aromatic carbocycles. The van der Waals surface area contributed by atoms with Crippen LogP contribution < -0.4 is 5.32 Å². The van der Waals surface area contributed by atoms with Crippen molar-refractivity contribution in [2.75, 3.05) is 5.32 Å². The van der Waals surface area contributed by atoms with Gasteiger partial charge in [-0.15, -0.1) is 11.3 Å². The molecule has 0 radical (unpaired) electrons. The summed E-state index contributed by atoms with van der Waals surface area (Å²) in [5, 5.41) is 8.86. The zero-order valence-corrected chi connectivity index (χ0v) is 17.6. The molecule has 8 heteroatoms. The summed E-state index contributed by atoms with van der Waals surface area (Å²) in [6, 6.07) is 8.14. The zero-order valence-electron chi connectivity index (χ0n) is 16.8. The molecule has 1 atom stereocenters. The number of benzene rings is 1. The van der Waals surface area contributed by atoms with E-state index in [1.165, 1.54) is 23.8 Å². The fraction of sp³-hybridized carbons (Fsp3) is 0.333. The highest BCUT2D eigenvalue weighted by molar-refractivity contribution is 7.14. The summed E-state index contributed by atoms with van der Waals surface area (Å²) in [4.78, 5) is 29.3. The maximum Gasteiger partial charge on any atom is 0.344 e. The van der Waals surface area contributed by atoms with Crippen molar-refractivity contribution in [3.8, 4) is 11.3 Å². The number of nitrogens with zero attached hydrogens (tertiary/aromatic N) is 2. The van der Waals surface area contributed by atoms with Crippen molar-refractivity contribution in [1.82, 2.24) is 10.1 Å². The van der Waals surface area contributed by atoms with Gasteiger partial charge in [-0.3, -0.25) is 10.1 Å². The number of esters is 1. The summed E-state index contributed by atoms with van der Waals surface area (Å²) in [5.41, 5.74) is 3.80. The monoisotopic (exact) mass is 413 g/mol. The average Bonchev–Trinajstić information content (AvgIpc) is 3.34. The number of ether oxygens (including phenoxy) is 1. The average molecular weight is 413 g/mol. The third kappa shape index (κ3) is 4.71. The van der Waals surface area contributed by atoms with Crippen LogP contribution in [0.25, 0.3) is 11.3 Å². The highest BCUT2D eigenvalue weighted by Gasteiger charge is 2.25. The van der Waals surface area contributed by atoms with Gasteiger partial charge in [-0.25, -0.2) is 9.78 Å². The van der Waals surface area contributed by atoms with E-state index >= 15 is 0 Å². The number of hydrogen-bond donors (Lipinski definition) is 1. The first-order valence-corrected chi connectivity index (χ1v) is 10.3. The smallest absolute Gasteiger partial charge is 0.344 e. The lowest BCUT2D eigenvalue weighted by atomic mass is 10.1. The van der Waals surface area contributed by atoms with Crippen molar-refractivity contribution in [3.05, 3.63) is 52.2 Å². The molecule has 3 aromatic rings. The number of nitrogens with one attached hydrogen (secondary N) is 1. The Bertz CT molecular complexity index is 1010. The third-order valence-electron chi connectivity index (χ3n) is 4.52. The van der Waals surface area contributed by atoms with Crippen LogP contribution >= 0.6 is 11.3 Å². The van der Waals surface area contributed by atoms with Crippen molar-refractivity contribution in [2.45, 2.75) is 46.6 Å². The van der Waals surface area contributed by atoms with Crippen LogP contribution in [-0.2, 0) is 22.4 Å². The second kappa shape index (κ2) is 9.00. The molecule has 29 heavy (non-hydrogen) atoms. The lowest BCUT2D eigenvalue weighted by Crippen LogP contribution is -2.30. The van der Waals surface area contributed by atoms with Gasteiger partial charge in [-0.2, -0.15) is 0 Å². The maximum atomic E-state index is 12.4. The Morgan fingerprint density at radius 2 is 1.93 bits per heavy atom. The summed E-state index contributed by atoms with van der Waals surface area (Å²) in [5.74, 6) is -0.704. The lowest BCUT2D eigenvalue weighted by Gasteiger charge is -2.12. The number of rotatable bonds is 7. The molecule has 1 amide bonds. The normalized spacial score (nSPS) is 11.9. The number of amides is 1. The second-order valence-corrected chi connectivity index (χ2v) is 7.40. The van der Waals surface area contributed by atoms with Crippen LogP contribution in [0.1, 0.15) is 48.1 Å². The number of anilines is 1. The van der Waals surface area contributed by atoms with Gasteiger partial charge in [0.25, 0.3) is 5.91 Å². The van der Waals surface area contributed by atoms with Crippen LogP contribution in [0.2, 0.25) is 0 Å². The van der Waals surface area contributed by atoms with E-state index in [0.29, 0.717) is 23.0 Å². The lowest BCUT2D eigenvalue weighted by molar-refractivity contribution is -0.123. The molecular weight excluding hydrogens is 390 g/mol. The van der Waals surface area contributed by atoms with Crippen molar-refractivity contribution in [3.63, 3.8) is 0 Å². The van der Waals surface area contributed by atoms with Crippen LogP contribution in [0.15, 0.2) is 34.2 Å². The number of carbonyl (C=O) groups excluding carboxylic acids is 2. The number of thiazole rings is 1. The molecule has 0 saturated heterocycles. The van der Waals surface area contributed by atoms with Crippen LogP contribution in [-0.4, -0.2) is 28.1 Å². The number of carbonyl (C=O) groups is 2. The van der Waals surface area contributed by atoms with Crippen LogP contribution in [0, 0.1) is 6.92 Å². The predicted molar refractivity (Wildman–Crippen MR) is 111 cm³/mol. The van der Waals surface area contributed by atoms with Crippen LogP contribution in [0.4, 0.5) is 5.13 Å². The standard InChI is InChI=1S/C21H23N3O4S/c1-5-14-7-9-15(10-8-14)17-11-29-21(22-17)23-19(25)13(4)27-20(26)18-12(3)28-24-16(18)6-2/h7-11,13H,5-6H2,1-4H3,(H,22,23,25)/t13-/m1/s1. The largest absolute Gasteiger partial charge is 0.449 e. The van der Waals surface area contributed by atoms with Gasteiger partial charge in [0.1, 0.15) is 11.3 Å². The molecule has 0 fully saturated rings. The topological polar surface area (TPSA) is 94.3 Å². The van der Waals surface area contributed by atoms with E-state index in [2.05, 4.69) is 34.5 Å². The molecule has 0 spiro atoms. The first-order valence-electron chi connectivity index (χ1n) is 9.44. The maximum absolute atomic E-state index is 12.4. The molecule has 0 aliphatic heterocycles. The third-order valence-corrected chi connectivity index (χ3v) is 5.28. The van der Waals surface area contributed by atoms with E-state index in [1.807, 2.05) is 24.4 Å². The fourth-order valence-corrected chi connectivity index (χ4v) is 3.50. The SMILES string of the molecule is CCc1ccc(-c2csc(NC(=O)[C@@H](C)OC(=O)c3c(CC)noc3C)n2)cc1. The molecule has 0 saturated carbocycles. The van der Waals surface area contributed by atoms with Crippen LogP contribution in [0.5, 0.6) is 0 Å². The molecule has 0 unspecified atom stereocenters. The number of aromatic nitrogens is 2. The van der Waals surface area contributed by atoms with Gasteiger partial charge in [0, 0.05) is 10.9 Å². The molecular formula is C21H23N3O4S. The second-order valence-electron chi connectivity index (χ2n) is 6.54. The summed E-state index contributed by atoms with van der Waals surface area (Å²) in [7, 11) is 0. The Hall–Kier alpha value is -3.00. The fourth-order valence-electron chi connectivity index (χ4n) is 2.78. The molecule has 0 bridgehead atoms. The Morgan fingerprint density at radius 1 is 1.21 bits per heavy atom. The molecule has 0 aliphatic carbocycles. The highest BCUT2D eigenvalue weighted by Crippen LogP contribution is 2.25. The van der Waals surface area contributed by atoms with E-state index < -0.39 is 18.0 Å². The van der Waals surface area contributed by atoms with E-state index in [1.54, 1.807) is 6.92 Å². The van der Waals surface area contributed by atoms with Crippen LogP contribution in [0.3, 0.4) is 0 Å². The van der Waals surface area contributed by atoms with Gasteiger partial charge in [0.05, 0.1) is 11.4 Å². The summed E-state index contributed by atoms with van der Waals surface area (Å²) in [6.45, 7) is 7.12. The van der Waals surface area contributed by atoms with E-state index in [-0.39, 0.29) is 5.56 Å². The quantitative estimate of drug-likeness (QED) is 0.577. The Morgan fingerprint density at radius 3 is 2.59 bits per heavy atom. The Labute approximate surface area is 173 Å². The van der Waals surface area contributed by atoms with Gasteiger partial charge in [0.2, 0.25) is 0 Å². The van der Waals surface area contributed by atoms with Crippen molar-refractivity contribution in [2.24, 2.45) is 0 Å². The summed E-state index contributed by atoms with van der Waals surface area (Å²) >= 11 is 1.32.